The second-order valence-corrected chi connectivity index (χ2v) is 7.62. The Labute approximate surface area is 186 Å². The molecule has 1 aromatic heterocycles. The van der Waals surface area contributed by atoms with E-state index >= 15 is 0 Å². The Kier molecular flexibility index (Phi) is 6.49. The van der Waals surface area contributed by atoms with E-state index in [-0.39, 0.29) is 17.6 Å². The molecule has 0 unspecified atom stereocenters. The van der Waals surface area contributed by atoms with Crippen molar-refractivity contribution in [3.63, 3.8) is 0 Å². The van der Waals surface area contributed by atoms with Crippen LogP contribution in [0.3, 0.4) is 0 Å². The number of carbonyl (C=O) groups excluding carboxylic acids is 1. The molecule has 1 saturated heterocycles. The van der Waals surface area contributed by atoms with Gasteiger partial charge in [-0.15, -0.1) is 0 Å². The van der Waals surface area contributed by atoms with Gasteiger partial charge in [0, 0.05) is 48.7 Å². The van der Waals surface area contributed by atoms with Gasteiger partial charge < -0.3 is 19.7 Å². The van der Waals surface area contributed by atoms with E-state index in [1.54, 1.807) is 50.7 Å². The van der Waals surface area contributed by atoms with Gasteiger partial charge in [-0.05, 0) is 43.2 Å². The Hall–Kier alpha value is -3.68. The molecule has 0 saturated carbocycles. The second-order valence-electron chi connectivity index (χ2n) is 7.62. The van der Waals surface area contributed by atoms with E-state index in [1.807, 2.05) is 6.07 Å². The molecule has 1 fully saturated rings. The quantitative estimate of drug-likeness (QED) is 0.626. The van der Waals surface area contributed by atoms with Crippen LogP contribution < -0.4 is 19.7 Å². The smallest absolute Gasteiger partial charge is 0.229 e. The fraction of sp³-hybridized carbons (Fsp3) is 0.292. The van der Waals surface area contributed by atoms with Gasteiger partial charge in [-0.25, -0.2) is 14.4 Å². The van der Waals surface area contributed by atoms with E-state index in [9.17, 15) is 9.18 Å². The number of benzene rings is 2. The molecule has 1 aliphatic heterocycles. The lowest BCUT2D eigenvalue weighted by atomic mass is 9.97. The minimum Gasteiger partial charge on any atom is -0.497 e. The molecule has 2 heterocycles. The fourth-order valence-corrected chi connectivity index (χ4v) is 3.79. The first kappa shape index (κ1) is 21.5. The van der Waals surface area contributed by atoms with E-state index in [0.717, 1.165) is 30.8 Å². The van der Waals surface area contributed by atoms with Crippen molar-refractivity contribution in [1.82, 2.24) is 9.97 Å². The summed E-state index contributed by atoms with van der Waals surface area (Å²) in [5.74, 6) is 1.95. The highest BCUT2D eigenvalue weighted by atomic mass is 19.1. The van der Waals surface area contributed by atoms with Gasteiger partial charge in [-0.1, -0.05) is 0 Å². The Morgan fingerprint density at radius 1 is 1.09 bits per heavy atom. The highest BCUT2D eigenvalue weighted by molar-refractivity contribution is 5.93. The van der Waals surface area contributed by atoms with Crippen LogP contribution in [0.2, 0.25) is 0 Å². The number of nitrogens with zero attached hydrogens (tertiary/aromatic N) is 3. The van der Waals surface area contributed by atoms with Crippen molar-refractivity contribution in [2.45, 2.75) is 12.8 Å². The molecular formula is C24H25FN4O3. The highest BCUT2D eigenvalue weighted by Gasteiger charge is 2.27. The molecule has 0 bridgehead atoms. The normalized spacial score (nSPS) is 15.8. The monoisotopic (exact) mass is 436 g/mol. The Morgan fingerprint density at radius 3 is 2.50 bits per heavy atom. The number of amides is 1. The molecule has 1 amide bonds. The van der Waals surface area contributed by atoms with Gasteiger partial charge in [-0.3, -0.25) is 4.79 Å². The van der Waals surface area contributed by atoms with Gasteiger partial charge in [0.2, 0.25) is 5.91 Å². The van der Waals surface area contributed by atoms with Gasteiger partial charge in [0.25, 0.3) is 0 Å². The minimum atomic E-state index is -0.302. The van der Waals surface area contributed by atoms with Crippen LogP contribution in [0.4, 0.5) is 15.9 Å². The molecule has 4 rings (SSSR count). The molecule has 7 nitrogen and oxygen atoms in total. The zero-order valence-electron chi connectivity index (χ0n) is 18.0. The average Bonchev–Trinajstić information content (AvgIpc) is 2.84. The van der Waals surface area contributed by atoms with Crippen LogP contribution in [-0.4, -0.2) is 43.2 Å². The lowest BCUT2D eigenvalue weighted by molar-refractivity contribution is -0.120. The maximum absolute atomic E-state index is 13.2. The van der Waals surface area contributed by atoms with Crippen LogP contribution in [0.5, 0.6) is 11.5 Å². The molecule has 166 valence electrons. The third kappa shape index (κ3) is 4.96. The SMILES string of the molecule is COc1cc(NC(=O)[C@@H]2CCCN(c3ccnc(-c4ccc(F)cc4)n3)C2)cc(OC)c1. The largest absolute Gasteiger partial charge is 0.497 e. The van der Waals surface area contributed by atoms with Gasteiger partial charge >= 0.3 is 0 Å². The predicted octanol–water partition coefficient (Wildman–Crippen LogP) is 4.16. The first-order valence-electron chi connectivity index (χ1n) is 10.4. The maximum atomic E-state index is 13.2. The summed E-state index contributed by atoms with van der Waals surface area (Å²) in [6.07, 6.45) is 3.35. The Bertz CT molecular complexity index is 1070. The van der Waals surface area contributed by atoms with Gasteiger partial charge in [0.1, 0.15) is 23.1 Å². The minimum absolute atomic E-state index is 0.0576. The number of piperidine rings is 1. The van der Waals surface area contributed by atoms with Crippen LogP contribution in [0.15, 0.2) is 54.7 Å². The molecule has 0 radical (unpaired) electrons. The zero-order valence-corrected chi connectivity index (χ0v) is 18.0. The second kappa shape index (κ2) is 9.64. The summed E-state index contributed by atoms with van der Waals surface area (Å²) in [4.78, 5) is 24.0. The van der Waals surface area contributed by atoms with Crippen molar-refractivity contribution < 1.29 is 18.7 Å². The lowest BCUT2D eigenvalue weighted by Gasteiger charge is -2.33. The number of ether oxygens (including phenoxy) is 2. The predicted molar refractivity (Wildman–Crippen MR) is 121 cm³/mol. The van der Waals surface area contributed by atoms with Crippen LogP contribution in [0, 0.1) is 11.7 Å². The summed E-state index contributed by atoms with van der Waals surface area (Å²) >= 11 is 0. The number of methoxy groups -OCH3 is 2. The molecule has 0 aliphatic carbocycles. The number of rotatable bonds is 6. The summed E-state index contributed by atoms with van der Waals surface area (Å²) in [6, 6.07) is 13.2. The fourth-order valence-electron chi connectivity index (χ4n) is 3.79. The van der Waals surface area contributed by atoms with Crippen LogP contribution in [-0.2, 0) is 4.79 Å². The van der Waals surface area contributed by atoms with E-state index in [0.29, 0.717) is 29.6 Å². The molecule has 2 aromatic carbocycles. The van der Waals surface area contributed by atoms with Crippen molar-refractivity contribution in [3.05, 3.63) is 60.5 Å². The summed E-state index contributed by atoms with van der Waals surface area (Å²) in [5.41, 5.74) is 1.37. The van der Waals surface area contributed by atoms with Crippen LogP contribution in [0.1, 0.15) is 12.8 Å². The highest BCUT2D eigenvalue weighted by Crippen LogP contribution is 2.28. The number of hydrogen-bond donors (Lipinski definition) is 1. The van der Waals surface area contributed by atoms with E-state index < -0.39 is 0 Å². The number of carbonyl (C=O) groups is 1. The van der Waals surface area contributed by atoms with Gasteiger partial charge in [0.05, 0.1) is 20.1 Å². The standard InChI is InChI=1S/C24H25FN4O3/c1-31-20-12-19(13-21(14-20)32-2)27-24(30)17-4-3-11-29(15-17)22-9-10-26-23(28-22)16-5-7-18(25)8-6-16/h5-10,12-14,17H,3-4,11,15H2,1-2H3,(H,27,30)/t17-/m1/s1. The first-order chi connectivity index (χ1) is 15.6. The van der Waals surface area contributed by atoms with Crippen LogP contribution >= 0.6 is 0 Å². The van der Waals surface area contributed by atoms with Crippen molar-refractivity contribution in [2.75, 3.05) is 37.5 Å². The number of anilines is 2. The van der Waals surface area contributed by atoms with E-state index in [1.165, 1.54) is 12.1 Å². The molecule has 1 atom stereocenters. The van der Waals surface area contributed by atoms with Crippen molar-refractivity contribution in [3.8, 4) is 22.9 Å². The number of halogens is 1. The lowest BCUT2D eigenvalue weighted by Crippen LogP contribution is -2.41. The number of nitrogens with one attached hydrogen (secondary N) is 1. The molecule has 32 heavy (non-hydrogen) atoms. The molecule has 1 N–H and O–H groups in total. The summed E-state index contributed by atoms with van der Waals surface area (Å²) < 4.78 is 23.8. The summed E-state index contributed by atoms with van der Waals surface area (Å²) in [7, 11) is 3.14. The molecule has 1 aliphatic rings. The topological polar surface area (TPSA) is 76.6 Å². The maximum Gasteiger partial charge on any atom is 0.229 e. The number of aromatic nitrogens is 2. The molecule has 8 heteroatoms. The molecule has 0 spiro atoms. The van der Waals surface area contributed by atoms with E-state index in [4.69, 9.17) is 9.47 Å². The van der Waals surface area contributed by atoms with Crippen LogP contribution in [0.25, 0.3) is 11.4 Å². The molecule has 3 aromatic rings. The van der Waals surface area contributed by atoms with Gasteiger partial charge in [-0.2, -0.15) is 0 Å². The number of hydrogen-bond acceptors (Lipinski definition) is 6. The van der Waals surface area contributed by atoms with Crippen molar-refractivity contribution in [2.24, 2.45) is 5.92 Å². The van der Waals surface area contributed by atoms with Crippen molar-refractivity contribution in [1.29, 1.82) is 0 Å². The molecular weight excluding hydrogens is 411 g/mol. The summed E-state index contributed by atoms with van der Waals surface area (Å²) in [5, 5.41) is 2.98. The van der Waals surface area contributed by atoms with Crippen molar-refractivity contribution >= 4 is 17.4 Å². The third-order valence-electron chi connectivity index (χ3n) is 5.48. The average molecular weight is 436 g/mol. The third-order valence-corrected chi connectivity index (χ3v) is 5.48. The summed E-state index contributed by atoms with van der Waals surface area (Å²) in [6.45, 7) is 1.35. The van der Waals surface area contributed by atoms with Gasteiger partial charge in [0.15, 0.2) is 5.82 Å². The Morgan fingerprint density at radius 2 is 1.81 bits per heavy atom. The van der Waals surface area contributed by atoms with E-state index in [2.05, 4.69) is 20.2 Å². The zero-order chi connectivity index (χ0) is 22.5. The first-order valence-corrected chi connectivity index (χ1v) is 10.4. The Balaban J connectivity index is 1.47.